The van der Waals surface area contributed by atoms with E-state index in [9.17, 15) is 14.4 Å². The van der Waals surface area contributed by atoms with Crippen molar-refractivity contribution in [3.05, 3.63) is 24.3 Å². The van der Waals surface area contributed by atoms with Crippen LogP contribution in [0, 0.1) is 0 Å². The first-order valence-electron chi connectivity index (χ1n) is 28.8. The van der Waals surface area contributed by atoms with Gasteiger partial charge in [0.1, 0.15) is 13.2 Å². The van der Waals surface area contributed by atoms with E-state index in [0.717, 1.165) is 64.2 Å². The van der Waals surface area contributed by atoms with E-state index in [-0.39, 0.29) is 31.1 Å². The highest BCUT2D eigenvalue weighted by molar-refractivity contribution is 5.71. The van der Waals surface area contributed by atoms with E-state index in [1.807, 2.05) is 0 Å². The Morgan fingerprint density at radius 1 is 0.292 bits per heavy atom. The molecule has 0 aliphatic rings. The number of allylic oxidation sites excluding steroid dienone is 4. The average molecular weight is 916 g/mol. The lowest BCUT2D eigenvalue weighted by molar-refractivity contribution is -0.167. The Kier molecular flexibility index (Phi) is 52.7. The smallest absolute Gasteiger partial charge is 0.306 e. The van der Waals surface area contributed by atoms with Gasteiger partial charge in [-0.3, -0.25) is 14.4 Å². The van der Waals surface area contributed by atoms with E-state index >= 15 is 0 Å². The molecule has 0 aliphatic heterocycles. The van der Waals surface area contributed by atoms with E-state index in [1.54, 1.807) is 0 Å². The van der Waals surface area contributed by atoms with Crippen molar-refractivity contribution in [2.24, 2.45) is 0 Å². The fraction of sp³-hybridized carbons (Fsp3) is 0.881. The topological polar surface area (TPSA) is 78.9 Å². The van der Waals surface area contributed by atoms with Crippen LogP contribution in [-0.2, 0) is 28.6 Å². The molecule has 0 aromatic heterocycles. The first-order valence-corrected chi connectivity index (χ1v) is 28.8. The Morgan fingerprint density at radius 2 is 0.523 bits per heavy atom. The van der Waals surface area contributed by atoms with Gasteiger partial charge in [0.15, 0.2) is 6.10 Å². The van der Waals surface area contributed by atoms with Gasteiger partial charge in [0, 0.05) is 19.3 Å². The van der Waals surface area contributed by atoms with Crippen LogP contribution in [0.4, 0.5) is 0 Å². The molecular formula is C59H110O6. The van der Waals surface area contributed by atoms with Gasteiger partial charge < -0.3 is 14.2 Å². The Balaban J connectivity index is 4.29. The van der Waals surface area contributed by atoms with Crippen molar-refractivity contribution in [1.82, 2.24) is 0 Å². The number of ether oxygens (including phenoxy) is 3. The van der Waals surface area contributed by atoms with Gasteiger partial charge in [-0.1, -0.05) is 257 Å². The third-order valence-electron chi connectivity index (χ3n) is 12.9. The van der Waals surface area contributed by atoms with Crippen molar-refractivity contribution in [2.75, 3.05) is 13.2 Å². The highest BCUT2D eigenvalue weighted by Crippen LogP contribution is 2.17. The van der Waals surface area contributed by atoms with Gasteiger partial charge in [-0.05, 0) is 64.2 Å². The zero-order valence-corrected chi connectivity index (χ0v) is 43.8. The molecule has 1 unspecified atom stereocenters. The highest BCUT2D eigenvalue weighted by Gasteiger charge is 2.19. The van der Waals surface area contributed by atoms with E-state index < -0.39 is 6.10 Å². The molecule has 0 radical (unpaired) electrons. The van der Waals surface area contributed by atoms with Gasteiger partial charge in [0.05, 0.1) is 0 Å². The predicted octanol–water partition coefficient (Wildman–Crippen LogP) is 19.1. The van der Waals surface area contributed by atoms with Gasteiger partial charge in [-0.25, -0.2) is 0 Å². The summed E-state index contributed by atoms with van der Waals surface area (Å²) in [5, 5.41) is 0. The number of rotatable bonds is 53. The van der Waals surface area contributed by atoms with Crippen LogP contribution in [0.25, 0.3) is 0 Å². The van der Waals surface area contributed by atoms with Crippen LogP contribution in [0.15, 0.2) is 24.3 Å². The fourth-order valence-electron chi connectivity index (χ4n) is 8.54. The molecule has 0 aliphatic carbocycles. The average Bonchev–Trinajstić information content (AvgIpc) is 3.30. The van der Waals surface area contributed by atoms with Gasteiger partial charge in [-0.2, -0.15) is 0 Å². The number of esters is 3. The number of carbonyl (C=O) groups excluding carboxylic acids is 3. The molecule has 6 heteroatoms. The van der Waals surface area contributed by atoms with Crippen LogP contribution in [-0.4, -0.2) is 37.2 Å². The van der Waals surface area contributed by atoms with Crippen LogP contribution >= 0.6 is 0 Å². The molecule has 6 nitrogen and oxygen atoms in total. The van der Waals surface area contributed by atoms with Gasteiger partial charge >= 0.3 is 17.9 Å². The van der Waals surface area contributed by atoms with E-state index in [1.165, 1.54) is 212 Å². The second-order valence-electron chi connectivity index (χ2n) is 19.6. The largest absolute Gasteiger partial charge is 0.462 e. The summed E-state index contributed by atoms with van der Waals surface area (Å²) in [6, 6.07) is 0. The first-order chi connectivity index (χ1) is 32.0. The molecule has 0 amide bonds. The summed E-state index contributed by atoms with van der Waals surface area (Å²) in [5.41, 5.74) is 0. The molecule has 1 atom stereocenters. The first kappa shape index (κ1) is 62.9. The number of carbonyl (C=O) groups is 3. The summed E-state index contributed by atoms with van der Waals surface area (Å²) in [5.74, 6) is -0.867. The van der Waals surface area contributed by atoms with Crippen LogP contribution in [0.3, 0.4) is 0 Å². The molecule has 0 fully saturated rings. The number of hydrogen-bond acceptors (Lipinski definition) is 6. The molecule has 0 heterocycles. The van der Waals surface area contributed by atoms with Crippen molar-refractivity contribution in [3.8, 4) is 0 Å². The number of hydrogen-bond donors (Lipinski definition) is 0. The second-order valence-corrected chi connectivity index (χ2v) is 19.6. The van der Waals surface area contributed by atoms with Gasteiger partial charge in [0.25, 0.3) is 0 Å². The summed E-state index contributed by atoms with van der Waals surface area (Å²) in [7, 11) is 0. The van der Waals surface area contributed by atoms with Crippen molar-refractivity contribution >= 4 is 17.9 Å². The van der Waals surface area contributed by atoms with Gasteiger partial charge in [-0.15, -0.1) is 0 Å². The molecule has 0 rings (SSSR count). The molecule has 382 valence electrons. The molecule has 0 saturated carbocycles. The lowest BCUT2D eigenvalue weighted by atomic mass is 10.0. The third kappa shape index (κ3) is 52.7. The van der Waals surface area contributed by atoms with Crippen molar-refractivity contribution in [3.63, 3.8) is 0 Å². The standard InChI is InChI=1S/C59H110O6/c1-4-7-10-13-16-19-22-24-26-28-29-31-32-34-37-40-43-46-49-52-58(61)64-55-56(54-63-57(60)51-48-45-42-39-36-21-18-15-12-9-6-3)65-59(62)53-50-47-44-41-38-35-33-30-27-25-23-20-17-14-11-8-5-2/h15,18,28-29,56H,4-14,16-17,19-27,30-55H2,1-3H3/b18-15-,29-28-. The predicted molar refractivity (Wildman–Crippen MR) is 279 cm³/mol. The quantitative estimate of drug-likeness (QED) is 0.0262. The monoisotopic (exact) mass is 915 g/mol. The van der Waals surface area contributed by atoms with Crippen molar-refractivity contribution in [1.29, 1.82) is 0 Å². The lowest BCUT2D eigenvalue weighted by Crippen LogP contribution is -2.30. The minimum absolute atomic E-state index is 0.0721. The van der Waals surface area contributed by atoms with Gasteiger partial charge in [0.2, 0.25) is 0 Å². The molecule has 0 aromatic carbocycles. The number of unbranched alkanes of at least 4 members (excludes halogenated alkanes) is 38. The fourth-order valence-corrected chi connectivity index (χ4v) is 8.54. The molecule has 0 N–H and O–H groups in total. The Labute approximate surface area is 404 Å². The maximum absolute atomic E-state index is 12.8. The van der Waals surface area contributed by atoms with Crippen LogP contribution in [0.5, 0.6) is 0 Å². The van der Waals surface area contributed by atoms with Crippen molar-refractivity contribution in [2.45, 2.75) is 322 Å². The minimum Gasteiger partial charge on any atom is -0.462 e. The Bertz CT molecular complexity index is 1050. The summed E-state index contributed by atoms with van der Waals surface area (Å²) in [6.07, 6.45) is 63.1. The lowest BCUT2D eigenvalue weighted by Gasteiger charge is -2.18. The summed E-state index contributed by atoms with van der Waals surface area (Å²) in [6.45, 7) is 6.64. The van der Waals surface area contributed by atoms with Crippen LogP contribution in [0.2, 0.25) is 0 Å². The Hall–Kier alpha value is -2.11. The molecule has 0 saturated heterocycles. The Morgan fingerprint density at radius 3 is 0.815 bits per heavy atom. The maximum atomic E-state index is 12.8. The SMILES string of the molecule is CCCC/C=C\CCCCCCCC(=O)OCC(COC(=O)CCCCCCCCC/C=C\CCCCCCCCCC)OC(=O)CCCCCCCCCCCCCCCCCCC. The molecule has 65 heavy (non-hydrogen) atoms. The van der Waals surface area contributed by atoms with Crippen LogP contribution in [0.1, 0.15) is 316 Å². The highest BCUT2D eigenvalue weighted by atomic mass is 16.6. The normalized spacial score (nSPS) is 12.1. The third-order valence-corrected chi connectivity index (χ3v) is 12.9. The minimum atomic E-state index is -0.772. The molecule has 0 spiro atoms. The zero-order valence-electron chi connectivity index (χ0n) is 43.8. The van der Waals surface area contributed by atoms with E-state index in [0.29, 0.717) is 19.3 Å². The summed E-state index contributed by atoms with van der Waals surface area (Å²) >= 11 is 0. The second kappa shape index (κ2) is 54.5. The van der Waals surface area contributed by atoms with E-state index in [2.05, 4.69) is 45.1 Å². The molecule has 0 aromatic rings. The van der Waals surface area contributed by atoms with E-state index in [4.69, 9.17) is 14.2 Å². The zero-order chi connectivity index (χ0) is 47.2. The summed E-state index contributed by atoms with van der Waals surface area (Å²) in [4.78, 5) is 38.1. The summed E-state index contributed by atoms with van der Waals surface area (Å²) < 4.78 is 16.9. The molecule has 0 bridgehead atoms. The van der Waals surface area contributed by atoms with Crippen LogP contribution < -0.4 is 0 Å². The maximum Gasteiger partial charge on any atom is 0.306 e. The van der Waals surface area contributed by atoms with Crippen molar-refractivity contribution < 1.29 is 28.6 Å². The molecular weight excluding hydrogens is 805 g/mol.